The van der Waals surface area contributed by atoms with Gasteiger partial charge in [0.2, 0.25) is 0 Å². The Kier molecular flexibility index (Phi) is 4.23. The molecule has 0 saturated carbocycles. The predicted octanol–water partition coefficient (Wildman–Crippen LogP) is 2.52. The highest BCUT2D eigenvalue weighted by Gasteiger charge is 2.33. The van der Waals surface area contributed by atoms with Crippen molar-refractivity contribution >= 4 is 34.4 Å². The van der Waals surface area contributed by atoms with Crippen LogP contribution in [-0.2, 0) is 18.0 Å². The first-order valence-corrected chi connectivity index (χ1v) is 7.53. The van der Waals surface area contributed by atoms with Gasteiger partial charge in [-0.1, -0.05) is 5.21 Å². The number of halogens is 3. The minimum atomic E-state index is -0.696. The highest BCUT2D eigenvalue weighted by atomic mass is 127. The maximum atomic E-state index is 13.6. The van der Waals surface area contributed by atoms with E-state index >= 15 is 0 Å². The summed E-state index contributed by atoms with van der Waals surface area (Å²) in [6.45, 7) is -0.162. The Morgan fingerprint density at radius 3 is 2.95 bits per heavy atom. The topological polar surface area (TPSA) is 60.3 Å². The van der Waals surface area contributed by atoms with Crippen LogP contribution in [0.1, 0.15) is 5.69 Å². The normalized spacial score (nSPS) is 17.9. The summed E-state index contributed by atoms with van der Waals surface area (Å²) in [4.78, 5) is 13.3. The molecule has 1 atom stereocenters. The van der Waals surface area contributed by atoms with Crippen molar-refractivity contribution in [3.05, 3.63) is 39.5 Å². The van der Waals surface area contributed by atoms with E-state index in [1.54, 1.807) is 12.1 Å². The van der Waals surface area contributed by atoms with Crippen LogP contribution in [0.4, 0.5) is 19.3 Å². The van der Waals surface area contributed by atoms with Gasteiger partial charge >= 0.3 is 6.09 Å². The van der Waals surface area contributed by atoms with Crippen LogP contribution in [0, 0.1) is 9.39 Å². The number of nitrogens with zero attached hydrogens (tertiary/aromatic N) is 4. The average molecular weight is 420 g/mol. The number of amides is 1. The average Bonchev–Trinajstić information content (AvgIpc) is 3.09. The maximum Gasteiger partial charge on any atom is 0.414 e. The molecule has 0 radical (unpaired) electrons. The van der Waals surface area contributed by atoms with Crippen molar-refractivity contribution in [2.45, 2.75) is 19.3 Å². The Morgan fingerprint density at radius 1 is 1.45 bits per heavy atom. The van der Waals surface area contributed by atoms with Crippen molar-refractivity contribution in [2.75, 3.05) is 11.4 Å². The first-order valence-electron chi connectivity index (χ1n) is 6.45. The number of carbonyl (C=O) groups excluding carboxylic acids is 1. The fraction of sp³-hybridized carbons (Fsp3) is 0.308. The molecule has 1 saturated heterocycles. The van der Waals surface area contributed by atoms with Crippen molar-refractivity contribution in [1.29, 1.82) is 0 Å². The fourth-order valence-electron chi connectivity index (χ4n) is 2.18. The minimum absolute atomic E-state index is 0.223. The molecule has 0 N–H and O–H groups in total. The second-order valence-electron chi connectivity index (χ2n) is 4.78. The van der Waals surface area contributed by atoms with Gasteiger partial charge in [0.1, 0.15) is 24.3 Å². The van der Waals surface area contributed by atoms with Crippen molar-refractivity contribution in [3.8, 4) is 0 Å². The van der Waals surface area contributed by atoms with Gasteiger partial charge in [0, 0.05) is 3.57 Å². The van der Waals surface area contributed by atoms with Crippen molar-refractivity contribution in [1.82, 2.24) is 15.0 Å². The lowest BCUT2D eigenvalue weighted by Crippen LogP contribution is -2.26. The van der Waals surface area contributed by atoms with Crippen molar-refractivity contribution in [3.63, 3.8) is 0 Å². The highest BCUT2D eigenvalue weighted by Crippen LogP contribution is 2.25. The third-order valence-corrected chi connectivity index (χ3v) is 4.08. The van der Waals surface area contributed by atoms with Crippen LogP contribution in [0.25, 0.3) is 0 Å². The second kappa shape index (κ2) is 6.15. The molecule has 0 spiro atoms. The Morgan fingerprint density at radius 2 is 2.27 bits per heavy atom. The second-order valence-corrected chi connectivity index (χ2v) is 5.94. The first kappa shape index (κ1) is 15.1. The third-order valence-electron chi connectivity index (χ3n) is 3.20. The molecule has 0 bridgehead atoms. The molecule has 1 amide bonds. The molecule has 1 aliphatic heterocycles. The summed E-state index contributed by atoms with van der Waals surface area (Å²) in [6.07, 6.45) is 0.460. The number of hydrogen-bond acceptors (Lipinski definition) is 4. The summed E-state index contributed by atoms with van der Waals surface area (Å²) >= 11 is 1.88. The van der Waals surface area contributed by atoms with Crippen LogP contribution in [0.2, 0.25) is 0 Å². The van der Waals surface area contributed by atoms with Crippen molar-refractivity contribution in [2.24, 2.45) is 0 Å². The Bertz CT molecular complexity index is 709. The number of cyclic esters (lactones) is 1. The van der Waals surface area contributed by atoms with Gasteiger partial charge in [0.25, 0.3) is 0 Å². The highest BCUT2D eigenvalue weighted by molar-refractivity contribution is 14.1. The van der Waals surface area contributed by atoms with Gasteiger partial charge in [-0.2, -0.15) is 0 Å². The summed E-state index contributed by atoms with van der Waals surface area (Å²) < 4.78 is 33.1. The number of hydrogen-bond donors (Lipinski definition) is 0. The summed E-state index contributed by atoms with van der Waals surface area (Å²) in [5, 5.41) is 7.38. The van der Waals surface area contributed by atoms with Gasteiger partial charge in [-0.3, -0.25) is 4.90 Å². The number of anilines is 1. The van der Waals surface area contributed by atoms with Crippen molar-refractivity contribution < 1.29 is 18.3 Å². The largest absolute Gasteiger partial charge is 0.442 e. The number of alkyl halides is 1. The molecule has 6 nitrogen and oxygen atoms in total. The summed E-state index contributed by atoms with van der Waals surface area (Å²) in [5.41, 5.74) is 0.661. The molecule has 2 heterocycles. The van der Waals surface area contributed by atoms with Gasteiger partial charge in [-0.25, -0.2) is 18.3 Å². The molecule has 1 aromatic carbocycles. The number of ether oxygens (including phenoxy) is 1. The van der Waals surface area contributed by atoms with Gasteiger partial charge in [0.15, 0.2) is 0 Å². The van der Waals surface area contributed by atoms with Crippen LogP contribution >= 0.6 is 22.6 Å². The molecule has 9 heteroatoms. The zero-order chi connectivity index (χ0) is 15.7. The molecule has 0 aliphatic carbocycles. The Hall–Kier alpha value is -1.78. The first-order chi connectivity index (χ1) is 10.6. The maximum absolute atomic E-state index is 13.6. The molecule has 22 heavy (non-hydrogen) atoms. The lowest BCUT2D eigenvalue weighted by Gasteiger charge is -2.13. The SMILES string of the molecule is O=C1OC(Cn2cc(CF)nn2)CN1c1ccc(I)c(F)c1. The monoisotopic (exact) mass is 420 g/mol. The summed E-state index contributed by atoms with van der Waals surface area (Å²) in [6, 6.07) is 4.55. The summed E-state index contributed by atoms with van der Waals surface area (Å²) in [5.74, 6) is -0.391. The van der Waals surface area contributed by atoms with E-state index in [9.17, 15) is 13.6 Å². The quantitative estimate of drug-likeness (QED) is 0.714. The molecular weight excluding hydrogens is 409 g/mol. The Balaban J connectivity index is 1.71. The van der Waals surface area contributed by atoms with E-state index in [0.717, 1.165) is 0 Å². The van der Waals surface area contributed by atoms with E-state index < -0.39 is 24.7 Å². The molecule has 1 aliphatic rings. The van der Waals surface area contributed by atoms with Gasteiger partial charge < -0.3 is 4.74 Å². The van der Waals surface area contributed by atoms with E-state index in [0.29, 0.717) is 9.26 Å². The Labute approximate surface area is 138 Å². The molecule has 116 valence electrons. The number of carbonyl (C=O) groups is 1. The predicted molar refractivity (Wildman–Crippen MR) is 81.6 cm³/mol. The molecule has 1 aromatic heterocycles. The van der Waals surface area contributed by atoms with Crippen LogP contribution in [-0.4, -0.2) is 33.7 Å². The zero-order valence-electron chi connectivity index (χ0n) is 11.2. The van der Waals surface area contributed by atoms with Gasteiger partial charge in [0.05, 0.1) is 25.0 Å². The van der Waals surface area contributed by atoms with E-state index in [2.05, 4.69) is 10.3 Å². The number of aromatic nitrogens is 3. The standard InChI is InChI=1S/C13H11F2IN4O2/c14-4-8-5-19(18-17-8)6-10-7-20(13(21)22-10)9-1-2-12(16)11(15)3-9/h1-3,5,10H,4,6-7H2. The number of benzene rings is 1. The lowest BCUT2D eigenvalue weighted by atomic mass is 10.2. The third kappa shape index (κ3) is 3.03. The smallest absolute Gasteiger partial charge is 0.414 e. The van der Waals surface area contributed by atoms with E-state index in [1.807, 2.05) is 22.6 Å². The fourth-order valence-corrected chi connectivity index (χ4v) is 2.51. The summed E-state index contributed by atoms with van der Waals surface area (Å²) in [7, 11) is 0. The van der Waals surface area contributed by atoms with Gasteiger partial charge in [-0.15, -0.1) is 5.10 Å². The van der Waals surface area contributed by atoms with Crippen LogP contribution in [0.3, 0.4) is 0 Å². The van der Waals surface area contributed by atoms with Crippen LogP contribution < -0.4 is 4.90 Å². The molecule has 3 rings (SSSR count). The van der Waals surface area contributed by atoms with Crippen LogP contribution in [0.5, 0.6) is 0 Å². The lowest BCUT2D eigenvalue weighted by molar-refractivity contribution is 0.129. The minimum Gasteiger partial charge on any atom is -0.442 e. The molecule has 1 fully saturated rings. The zero-order valence-corrected chi connectivity index (χ0v) is 13.4. The van der Waals surface area contributed by atoms with E-state index in [1.165, 1.54) is 21.8 Å². The molecular formula is C13H11F2IN4O2. The van der Waals surface area contributed by atoms with E-state index in [-0.39, 0.29) is 18.8 Å². The van der Waals surface area contributed by atoms with Gasteiger partial charge in [-0.05, 0) is 40.8 Å². The number of rotatable bonds is 4. The van der Waals surface area contributed by atoms with Crippen LogP contribution in [0.15, 0.2) is 24.4 Å². The molecule has 1 unspecified atom stereocenters. The van der Waals surface area contributed by atoms with E-state index in [4.69, 9.17) is 4.74 Å². The molecule has 2 aromatic rings.